The third kappa shape index (κ3) is 4.63. The van der Waals surface area contributed by atoms with Crippen molar-refractivity contribution in [3.8, 4) is 5.75 Å². The number of aliphatic hydroxyl groups is 1. The van der Waals surface area contributed by atoms with Crippen molar-refractivity contribution in [2.24, 2.45) is 0 Å². The molecule has 4 nitrogen and oxygen atoms in total. The molecular formula is C21H18ClNO3. The molecule has 132 valence electrons. The van der Waals surface area contributed by atoms with Crippen LogP contribution < -0.4 is 10.1 Å². The zero-order valence-electron chi connectivity index (χ0n) is 13.9. The highest BCUT2D eigenvalue weighted by atomic mass is 35.5. The van der Waals surface area contributed by atoms with Gasteiger partial charge < -0.3 is 15.2 Å². The van der Waals surface area contributed by atoms with E-state index in [0.29, 0.717) is 27.6 Å². The number of hydrogen-bond donors (Lipinski definition) is 2. The SMILES string of the molecule is O=C(COc1ccc(Cl)cc1C(O)c1ccccc1)Nc1ccccc1. The Kier molecular flexibility index (Phi) is 5.89. The maximum Gasteiger partial charge on any atom is 0.262 e. The Morgan fingerprint density at radius 3 is 2.35 bits per heavy atom. The van der Waals surface area contributed by atoms with Crippen molar-refractivity contribution in [2.45, 2.75) is 6.10 Å². The number of para-hydroxylation sites is 1. The third-order valence-corrected chi connectivity index (χ3v) is 4.03. The average molecular weight is 368 g/mol. The van der Waals surface area contributed by atoms with Crippen LogP contribution in [0.15, 0.2) is 78.9 Å². The van der Waals surface area contributed by atoms with E-state index in [1.54, 1.807) is 30.3 Å². The first-order chi connectivity index (χ1) is 12.6. The van der Waals surface area contributed by atoms with Crippen LogP contribution in [0.4, 0.5) is 5.69 Å². The molecule has 0 heterocycles. The third-order valence-electron chi connectivity index (χ3n) is 3.80. The first-order valence-corrected chi connectivity index (χ1v) is 8.51. The number of anilines is 1. The minimum absolute atomic E-state index is 0.176. The molecule has 0 fully saturated rings. The zero-order chi connectivity index (χ0) is 18.4. The predicted molar refractivity (Wildman–Crippen MR) is 103 cm³/mol. The van der Waals surface area contributed by atoms with Gasteiger partial charge in [0.2, 0.25) is 0 Å². The Hall–Kier alpha value is -2.82. The van der Waals surface area contributed by atoms with E-state index in [0.717, 1.165) is 0 Å². The lowest BCUT2D eigenvalue weighted by atomic mass is 10.0. The van der Waals surface area contributed by atoms with Crippen molar-refractivity contribution >= 4 is 23.2 Å². The van der Waals surface area contributed by atoms with Crippen LogP contribution in [0.5, 0.6) is 5.75 Å². The number of carbonyl (C=O) groups is 1. The van der Waals surface area contributed by atoms with Crippen molar-refractivity contribution < 1.29 is 14.6 Å². The summed E-state index contributed by atoms with van der Waals surface area (Å²) in [5.74, 6) is 0.125. The molecule has 5 heteroatoms. The van der Waals surface area contributed by atoms with Gasteiger partial charge in [0.15, 0.2) is 6.61 Å². The van der Waals surface area contributed by atoms with Gasteiger partial charge in [-0.1, -0.05) is 60.1 Å². The van der Waals surface area contributed by atoms with Crippen molar-refractivity contribution in [1.29, 1.82) is 0 Å². The molecule has 3 aromatic rings. The number of amides is 1. The number of rotatable bonds is 6. The lowest BCUT2D eigenvalue weighted by molar-refractivity contribution is -0.118. The fourth-order valence-corrected chi connectivity index (χ4v) is 2.72. The van der Waals surface area contributed by atoms with Crippen LogP contribution in [0.2, 0.25) is 5.02 Å². The Labute approximate surface area is 157 Å². The maximum atomic E-state index is 12.1. The highest BCUT2D eigenvalue weighted by Gasteiger charge is 2.17. The number of nitrogens with one attached hydrogen (secondary N) is 1. The molecule has 3 rings (SSSR count). The van der Waals surface area contributed by atoms with Gasteiger partial charge in [-0.25, -0.2) is 0 Å². The molecule has 0 aromatic heterocycles. The van der Waals surface area contributed by atoms with E-state index in [4.69, 9.17) is 16.3 Å². The van der Waals surface area contributed by atoms with Crippen LogP contribution in [0.3, 0.4) is 0 Å². The number of carbonyl (C=O) groups excluding carboxylic acids is 1. The van der Waals surface area contributed by atoms with E-state index < -0.39 is 6.10 Å². The molecule has 1 atom stereocenters. The fraction of sp³-hybridized carbons (Fsp3) is 0.0952. The van der Waals surface area contributed by atoms with Crippen LogP contribution in [0, 0.1) is 0 Å². The van der Waals surface area contributed by atoms with E-state index in [2.05, 4.69) is 5.32 Å². The van der Waals surface area contributed by atoms with Crippen molar-refractivity contribution in [3.05, 3.63) is 95.0 Å². The summed E-state index contributed by atoms with van der Waals surface area (Å²) < 4.78 is 5.64. The van der Waals surface area contributed by atoms with Crippen LogP contribution in [-0.2, 0) is 4.79 Å². The molecule has 0 saturated carbocycles. The minimum Gasteiger partial charge on any atom is -0.483 e. The minimum atomic E-state index is -0.901. The molecular weight excluding hydrogens is 350 g/mol. The van der Waals surface area contributed by atoms with Gasteiger partial charge in [0.25, 0.3) is 5.91 Å². The van der Waals surface area contributed by atoms with Crippen molar-refractivity contribution in [1.82, 2.24) is 0 Å². The Morgan fingerprint density at radius 2 is 1.65 bits per heavy atom. The number of aliphatic hydroxyl groups excluding tert-OH is 1. The Morgan fingerprint density at radius 1 is 1.00 bits per heavy atom. The molecule has 0 spiro atoms. The fourth-order valence-electron chi connectivity index (χ4n) is 2.54. The smallest absolute Gasteiger partial charge is 0.262 e. The van der Waals surface area contributed by atoms with Crippen molar-refractivity contribution in [2.75, 3.05) is 11.9 Å². The first-order valence-electron chi connectivity index (χ1n) is 8.13. The van der Waals surface area contributed by atoms with Crippen LogP contribution in [0.1, 0.15) is 17.2 Å². The van der Waals surface area contributed by atoms with Gasteiger partial charge in [-0.05, 0) is 35.9 Å². The molecule has 0 bridgehead atoms. The second kappa shape index (κ2) is 8.52. The van der Waals surface area contributed by atoms with E-state index in [9.17, 15) is 9.90 Å². The van der Waals surface area contributed by atoms with E-state index in [-0.39, 0.29) is 12.5 Å². The second-order valence-corrected chi connectivity index (χ2v) is 6.13. The molecule has 1 amide bonds. The topological polar surface area (TPSA) is 58.6 Å². The van der Waals surface area contributed by atoms with Gasteiger partial charge in [-0.15, -0.1) is 0 Å². The zero-order valence-corrected chi connectivity index (χ0v) is 14.7. The largest absolute Gasteiger partial charge is 0.483 e. The van der Waals surface area contributed by atoms with E-state index >= 15 is 0 Å². The Bertz CT molecular complexity index is 869. The van der Waals surface area contributed by atoms with Crippen molar-refractivity contribution in [3.63, 3.8) is 0 Å². The molecule has 0 aliphatic heterocycles. The lowest BCUT2D eigenvalue weighted by Gasteiger charge is -2.17. The summed E-state index contributed by atoms with van der Waals surface area (Å²) in [6.07, 6.45) is -0.901. The summed E-state index contributed by atoms with van der Waals surface area (Å²) in [6.45, 7) is -0.176. The van der Waals surface area contributed by atoms with E-state index in [1.807, 2.05) is 48.5 Å². The summed E-state index contributed by atoms with van der Waals surface area (Å²) in [5, 5.41) is 13.9. The predicted octanol–water partition coefficient (Wildman–Crippen LogP) is 4.44. The number of ether oxygens (including phenoxy) is 1. The second-order valence-electron chi connectivity index (χ2n) is 5.70. The summed E-state index contributed by atoms with van der Waals surface area (Å²) in [6, 6.07) is 23.3. The molecule has 1 unspecified atom stereocenters. The summed E-state index contributed by atoms with van der Waals surface area (Å²) in [5.41, 5.74) is 1.92. The standard InChI is InChI=1S/C21H18ClNO3/c22-16-11-12-19(18(13-16)21(25)15-7-3-1-4-8-15)26-14-20(24)23-17-9-5-2-6-10-17/h1-13,21,25H,14H2,(H,23,24). The van der Waals surface area contributed by atoms with Gasteiger partial charge in [-0.2, -0.15) is 0 Å². The quantitative estimate of drug-likeness (QED) is 0.677. The lowest BCUT2D eigenvalue weighted by Crippen LogP contribution is -2.20. The molecule has 2 N–H and O–H groups in total. The average Bonchev–Trinajstić information content (AvgIpc) is 2.68. The number of hydrogen-bond acceptors (Lipinski definition) is 3. The van der Waals surface area contributed by atoms with Crippen LogP contribution in [-0.4, -0.2) is 17.6 Å². The first kappa shape index (κ1) is 18.0. The highest BCUT2D eigenvalue weighted by Crippen LogP contribution is 2.32. The van der Waals surface area contributed by atoms with E-state index in [1.165, 1.54) is 0 Å². The number of halogens is 1. The van der Waals surface area contributed by atoms with Crippen LogP contribution in [0.25, 0.3) is 0 Å². The molecule has 0 aliphatic carbocycles. The van der Waals surface area contributed by atoms with Gasteiger partial charge in [0.1, 0.15) is 11.9 Å². The summed E-state index contributed by atoms with van der Waals surface area (Å²) in [4.78, 5) is 12.1. The normalized spacial score (nSPS) is 11.6. The highest BCUT2D eigenvalue weighted by molar-refractivity contribution is 6.30. The van der Waals surface area contributed by atoms with Gasteiger partial charge in [-0.3, -0.25) is 4.79 Å². The molecule has 26 heavy (non-hydrogen) atoms. The molecule has 0 radical (unpaired) electrons. The summed E-state index contributed by atoms with van der Waals surface area (Å²) >= 11 is 6.07. The summed E-state index contributed by atoms with van der Waals surface area (Å²) in [7, 11) is 0. The van der Waals surface area contributed by atoms with Gasteiger partial charge in [0, 0.05) is 16.3 Å². The monoisotopic (exact) mass is 367 g/mol. The van der Waals surface area contributed by atoms with Gasteiger partial charge in [0.05, 0.1) is 0 Å². The maximum absolute atomic E-state index is 12.1. The van der Waals surface area contributed by atoms with Gasteiger partial charge >= 0.3 is 0 Å². The number of benzene rings is 3. The molecule has 0 saturated heterocycles. The molecule has 0 aliphatic rings. The van der Waals surface area contributed by atoms with Crippen LogP contribution >= 0.6 is 11.6 Å². The molecule has 3 aromatic carbocycles. The Balaban J connectivity index is 1.73.